The summed E-state index contributed by atoms with van der Waals surface area (Å²) in [6.07, 6.45) is 0. The van der Waals surface area contributed by atoms with Crippen LogP contribution in [0.3, 0.4) is 0 Å². The van der Waals surface area contributed by atoms with Gasteiger partial charge in [0.25, 0.3) is 0 Å². The lowest BCUT2D eigenvalue weighted by Crippen LogP contribution is -2.25. The zero-order chi connectivity index (χ0) is 35.6. The normalized spacial score (nSPS) is 16.3. The average molecular weight is 695 g/mol. The Bertz CT molecular complexity index is 2760. The van der Waals surface area contributed by atoms with Crippen LogP contribution < -0.4 is 9.80 Å². The second-order valence-corrected chi connectivity index (χ2v) is 16.4. The van der Waals surface area contributed by atoms with E-state index < -0.39 is 16.1 Å². The fraction of sp³-hybridized carbons (Fsp3) is 0.190. The Hall–Kier alpha value is -5.51. The highest BCUT2D eigenvalue weighted by Gasteiger charge is 2.47. The molecule has 9 rings (SSSR count). The molecule has 0 radical (unpaired) electrons. The number of anilines is 4. The van der Waals surface area contributed by atoms with Gasteiger partial charge in [-0.3, -0.25) is 0 Å². The molecule has 2 aliphatic heterocycles. The van der Waals surface area contributed by atoms with Gasteiger partial charge in [-0.25, -0.2) is 17.6 Å². The number of carboxylic acids is 1. The molecule has 2 aliphatic rings. The van der Waals surface area contributed by atoms with Gasteiger partial charge in [0.05, 0.1) is 43.7 Å². The monoisotopic (exact) mass is 694 g/mol. The number of hydrogen-bond acceptors (Lipinski definition) is 6. The van der Waals surface area contributed by atoms with Gasteiger partial charge in [-0.15, -0.1) is 0 Å². The Kier molecular flexibility index (Phi) is 6.48. The molecule has 9 heteroatoms. The molecule has 0 aliphatic carbocycles. The van der Waals surface area contributed by atoms with E-state index in [1.165, 1.54) is 12.1 Å². The van der Waals surface area contributed by atoms with Crippen molar-refractivity contribution in [2.75, 3.05) is 22.9 Å². The van der Waals surface area contributed by atoms with Gasteiger partial charge < -0.3 is 19.5 Å². The number of benzene rings is 6. The maximum atomic E-state index is 11.7. The van der Waals surface area contributed by atoms with Crippen LogP contribution in [0.25, 0.3) is 43.5 Å². The second-order valence-electron chi connectivity index (χ2n) is 15.0. The molecule has 0 saturated heterocycles. The molecule has 6 aromatic carbocycles. The molecule has 0 amide bonds. The molecule has 0 spiro atoms. The van der Waals surface area contributed by atoms with Crippen molar-refractivity contribution in [3.8, 4) is 0 Å². The van der Waals surface area contributed by atoms with Crippen LogP contribution in [-0.4, -0.2) is 37.1 Å². The molecule has 1 aromatic heterocycles. The number of hydrogen-bond donors (Lipinski definition) is 1. The zero-order valence-electron chi connectivity index (χ0n) is 28.5. The third-order valence-electron chi connectivity index (χ3n) is 10.7. The van der Waals surface area contributed by atoms with Crippen molar-refractivity contribution in [1.29, 1.82) is 0 Å². The molecule has 1 N–H and O–H groups in total. The Balaban J connectivity index is 1.37. The number of carboxylic acid groups (broad SMARTS) is 1. The van der Waals surface area contributed by atoms with Crippen molar-refractivity contribution in [1.82, 2.24) is 0 Å². The van der Waals surface area contributed by atoms with E-state index in [9.17, 15) is 22.9 Å². The number of nitrogens with zero attached hydrogens (tertiary/aromatic N) is 2. The standard InChI is InChI=1S/C42H34N2O6S/c1-41(2)22-43(25-15-13-24(14-16-25)40(45)46)36-30-11-7-5-9-28(30)32-21-33-29-10-6-8-12-31(29)37-35(39(33)50-38(32)34(36)41)42(3,4)23-44(37)26-17-19-27(20-18-26)51(47,48)49/h5-21H,22-23H2,1-4H3,(H-,45,46,47,48,49). The minimum atomic E-state index is -4.58. The molecule has 51 heavy (non-hydrogen) atoms. The first-order chi connectivity index (χ1) is 24.2. The lowest BCUT2D eigenvalue weighted by Gasteiger charge is -2.23. The van der Waals surface area contributed by atoms with Crippen LogP contribution in [0, 0.1) is 0 Å². The van der Waals surface area contributed by atoms with Gasteiger partial charge in [0.15, 0.2) is 0 Å². The lowest BCUT2D eigenvalue weighted by atomic mass is 9.82. The summed E-state index contributed by atoms with van der Waals surface area (Å²) in [4.78, 5) is 15.9. The summed E-state index contributed by atoms with van der Waals surface area (Å²) in [5.74, 6) is -0.959. The maximum absolute atomic E-state index is 11.7. The summed E-state index contributed by atoms with van der Waals surface area (Å²) in [6.45, 7) is 10.2. The van der Waals surface area contributed by atoms with E-state index in [1.807, 2.05) is 24.3 Å². The highest BCUT2D eigenvalue weighted by molar-refractivity contribution is 7.85. The Morgan fingerprint density at radius 3 is 1.47 bits per heavy atom. The molecule has 7 aromatic rings. The molecule has 0 saturated carbocycles. The van der Waals surface area contributed by atoms with Crippen LogP contribution in [0.2, 0.25) is 0 Å². The summed E-state index contributed by atoms with van der Waals surface area (Å²) >= 11 is 0. The third kappa shape index (κ3) is 4.58. The van der Waals surface area contributed by atoms with Crippen LogP contribution in [0.15, 0.2) is 112 Å². The molecule has 254 valence electrons. The molecule has 0 fully saturated rings. The highest BCUT2D eigenvalue weighted by atomic mass is 32.2. The Labute approximate surface area is 294 Å². The van der Waals surface area contributed by atoms with Gasteiger partial charge in [-0.1, -0.05) is 76.2 Å². The average Bonchev–Trinajstić information content (AvgIpc) is 3.57. The van der Waals surface area contributed by atoms with Gasteiger partial charge in [-0.05, 0) is 54.6 Å². The predicted octanol–water partition coefficient (Wildman–Crippen LogP) is 9.63. The van der Waals surface area contributed by atoms with E-state index >= 15 is 0 Å². The third-order valence-corrected chi connectivity index (χ3v) is 11.6. The van der Waals surface area contributed by atoms with Crippen LogP contribution >= 0.6 is 0 Å². The van der Waals surface area contributed by atoms with Crippen molar-refractivity contribution in [2.45, 2.75) is 43.4 Å². The van der Waals surface area contributed by atoms with E-state index in [2.05, 4.69) is 80.0 Å². The van der Waals surface area contributed by atoms with Crippen molar-refractivity contribution in [2.24, 2.45) is 0 Å². The van der Waals surface area contributed by atoms with E-state index in [1.54, 1.807) is 24.3 Å². The summed E-state index contributed by atoms with van der Waals surface area (Å²) < 4.78 is 42.6. The highest BCUT2D eigenvalue weighted by Crippen LogP contribution is 2.56. The van der Waals surface area contributed by atoms with Crippen molar-refractivity contribution >= 4 is 82.3 Å². The van der Waals surface area contributed by atoms with Crippen LogP contribution in [0.1, 0.15) is 49.2 Å². The largest absolute Gasteiger partial charge is 0.744 e. The fourth-order valence-electron chi connectivity index (χ4n) is 8.53. The molecule has 0 unspecified atom stereocenters. The quantitative estimate of drug-likeness (QED) is 0.0839. The van der Waals surface area contributed by atoms with Crippen LogP contribution in [0.4, 0.5) is 22.7 Å². The Morgan fingerprint density at radius 2 is 1.06 bits per heavy atom. The molecular formula is C42H34N2O6S. The van der Waals surface area contributed by atoms with Gasteiger partial charge >= 0.3 is 17.1 Å². The van der Waals surface area contributed by atoms with Crippen molar-refractivity contribution in [3.63, 3.8) is 0 Å². The first-order valence-electron chi connectivity index (χ1n) is 16.9. The molecule has 0 atom stereocenters. The minimum Gasteiger partial charge on any atom is -0.744 e. The van der Waals surface area contributed by atoms with Crippen LogP contribution in [0.5, 0.6) is 0 Å². The molecule has 3 heterocycles. The van der Waals surface area contributed by atoms with E-state index in [4.69, 9.17) is 4.42 Å². The van der Waals surface area contributed by atoms with Gasteiger partial charge in [-0.2, -0.15) is 0 Å². The van der Waals surface area contributed by atoms with E-state index in [0.717, 1.165) is 77.4 Å². The van der Waals surface area contributed by atoms with Gasteiger partial charge in [0, 0.05) is 56.8 Å². The second kappa shape index (κ2) is 10.5. The lowest BCUT2D eigenvalue weighted by molar-refractivity contribution is 0.0697. The number of rotatable bonds is 4. The fourth-order valence-corrected chi connectivity index (χ4v) is 9.00. The van der Waals surface area contributed by atoms with E-state index in [-0.39, 0.29) is 21.3 Å². The molecular weight excluding hydrogens is 661 g/mol. The van der Waals surface area contributed by atoms with Crippen molar-refractivity contribution < 1.29 is 27.3 Å². The molecule has 0 bridgehead atoms. The topological polar surface area (TPSA) is 112 Å². The maximum Gasteiger partial charge on any atom is 0.367 e. The summed E-state index contributed by atoms with van der Waals surface area (Å²) in [5, 5.41) is 15.9. The van der Waals surface area contributed by atoms with Gasteiger partial charge in [0.2, 0.25) is 0 Å². The smallest absolute Gasteiger partial charge is 0.367 e. The Morgan fingerprint density at radius 1 is 0.647 bits per heavy atom. The minimum absolute atomic E-state index is 0.242. The number of aromatic carboxylic acids is 1. The van der Waals surface area contributed by atoms with Crippen LogP contribution in [-0.2, 0) is 20.9 Å². The van der Waals surface area contributed by atoms with E-state index in [0.29, 0.717) is 13.1 Å². The van der Waals surface area contributed by atoms with Gasteiger partial charge in [0.1, 0.15) is 10.1 Å². The zero-order valence-corrected chi connectivity index (χ0v) is 29.3. The molecule has 8 nitrogen and oxygen atoms in total. The summed E-state index contributed by atoms with van der Waals surface area (Å²) in [6, 6.07) is 32.2. The van der Waals surface area contributed by atoms with Crippen molar-refractivity contribution in [3.05, 3.63) is 120 Å². The first kappa shape index (κ1) is 31.5. The summed E-state index contributed by atoms with van der Waals surface area (Å²) in [5.41, 5.74) is 7.10. The SMILES string of the molecule is CC1(C)CN(c2ccc(C(=O)O)cc2)c2c1c1[o+]c3c4c(c5ccccc5c3cc1c1ccccc21)N(c1ccc(S(=O)(=O)[O-])cc1)CC4(C)C. The number of carbonyl (C=O) groups is 1. The summed E-state index contributed by atoms with van der Waals surface area (Å²) in [7, 11) is -4.58. The first-order valence-corrected chi connectivity index (χ1v) is 18.3. The number of fused-ring (bicyclic) bond motifs is 12. The predicted molar refractivity (Wildman–Crippen MR) is 201 cm³/mol.